The quantitative estimate of drug-likeness (QED) is 0.167. The topological polar surface area (TPSA) is 148 Å². The number of carbonyl (C=O) groups is 4. The van der Waals surface area contributed by atoms with E-state index in [-0.39, 0.29) is 18.9 Å². The van der Waals surface area contributed by atoms with E-state index in [0.717, 1.165) is 17.6 Å². The standard InChI is InChI=1S/C38H43N2O8P/c1-26(2)21-33(39-36(42)25-47-35-20-11-10-19-31(35)28-14-12-13-27(3)22-28)38(45)40-32(23-37(43)44)34(41)24-48-49(46,29-15-6-4-7-16-29)30-17-8-5-9-18-30/h4-20,26-27,32-33H,21-25H2,1-3H3,(H,39,42)(H,40,45)(H,43,44)/t27?,32-,33-/m0/s1. The number of carboxylic acids is 1. The Morgan fingerprint density at radius 3 is 2.06 bits per heavy atom. The minimum Gasteiger partial charge on any atom is -0.483 e. The van der Waals surface area contributed by atoms with Gasteiger partial charge in [-0.05, 0) is 60.6 Å². The van der Waals surface area contributed by atoms with E-state index < -0.39 is 56.0 Å². The van der Waals surface area contributed by atoms with Gasteiger partial charge in [0.05, 0.1) is 6.42 Å². The third-order valence-corrected chi connectivity index (χ3v) is 10.3. The van der Waals surface area contributed by atoms with Crippen LogP contribution in [0.2, 0.25) is 0 Å². The lowest BCUT2D eigenvalue weighted by atomic mass is 9.91. The molecule has 0 saturated carbocycles. The summed E-state index contributed by atoms with van der Waals surface area (Å²) < 4.78 is 25.9. The smallest absolute Gasteiger partial charge is 0.305 e. The largest absolute Gasteiger partial charge is 0.483 e. The summed E-state index contributed by atoms with van der Waals surface area (Å²) in [6.07, 6.45) is 6.45. The van der Waals surface area contributed by atoms with Gasteiger partial charge in [-0.25, -0.2) is 0 Å². The minimum absolute atomic E-state index is 0.0365. The molecule has 0 aliphatic heterocycles. The molecule has 0 aromatic heterocycles. The molecule has 0 heterocycles. The number of hydrogen-bond acceptors (Lipinski definition) is 7. The summed E-state index contributed by atoms with van der Waals surface area (Å²) in [6.45, 7) is 4.77. The van der Waals surface area contributed by atoms with Crippen LogP contribution < -0.4 is 26.0 Å². The number of ketones is 1. The van der Waals surface area contributed by atoms with Gasteiger partial charge in [0.15, 0.2) is 12.4 Å². The van der Waals surface area contributed by atoms with Gasteiger partial charge in [0.1, 0.15) is 24.4 Å². The normalized spacial score (nSPS) is 15.5. The monoisotopic (exact) mass is 686 g/mol. The number of rotatable bonds is 17. The lowest BCUT2D eigenvalue weighted by Gasteiger charge is -2.24. The molecule has 1 unspecified atom stereocenters. The number of carbonyl (C=O) groups excluding carboxylic acids is 3. The van der Waals surface area contributed by atoms with Gasteiger partial charge in [-0.15, -0.1) is 0 Å². The van der Waals surface area contributed by atoms with Crippen LogP contribution in [0.1, 0.15) is 45.6 Å². The van der Waals surface area contributed by atoms with Crippen LogP contribution in [0.5, 0.6) is 5.75 Å². The minimum atomic E-state index is -3.75. The van der Waals surface area contributed by atoms with Gasteiger partial charge < -0.3 is 25.0 Å². The van der Waals surface area contributed by atoms with Gasteiger partial charge in [0.25, 0.3) is 13.3 Å². The van der Waals surface area contributed by atoms with Crippen LogP contribution in [-0.2, 0) is 28.3 Å². The van der Waals surface area contributed by atoms with Crippen LogP contribution in [0, 0.1) is 11.8 Å². The molecule has 10 nitrogen and oxygen atoms in total. The van der Waals surface area contributed by atoms with Crippen LogP contribution in [0.3, 0.4) is 0 Å². The predicted octanol–water partition coefficient (Wildman–Crippen LogP) is 5.05. The summed E-state index contributed by atoms with van der Waals surface area (Å²) >= 11 is 0. The summed E-state index contributed by atoms with van der Waals surface area (Å²) in [5.74, 6) is -2.53. The van der Waals surface area contributed by atoms with Gasteiger partial charge in [-0.3, -0.25) is 23.7 Å². The Hall–Kier alpha value is -4.79. The van der Waals surface area contributed by atoms with Crippen molar-refractivity contribution in [2.45, 2.75) is 52.1 Å². The van der Waals surface area contributed by atoms with E-state index in [0.29, 0.717) is 22.3 Å². The van der Waals surface area contributed by atoms with Crippen molar-refractivity contribution in [1.82, 2.24) is 10.6 Å². The first-order chi connectivity index (χ1) is 23.5. The lowest BCUT2D eigenvalue weighted by Crippen LogP contribution is -2.53. The average Bonchev–Trinajstić information content (AvgIpc) is 3.09. The fourth-order valence-corrected chi connectivity index (χ4v) is 7.51. The van der Waals surface area contributed by atoms with Crippen LogP contribution in [0.15, 0.2) is 103 Å². The van der Waals surface area contributed by atoms with E-state index in [1.807, 2.05) is 44.2 Å². The fraction of sp³-hybridized carbons (Fsp3) is 0.316. The molecule has 1 aliphatic rings. The van der Waals surface area contributed by atoms with Crippen molar-refractivity contribution in [2.75, 3.05) is 13.2 Å². The second-order valence-corrected chi connectivity index (χ2v) is 14.8. The summed E-state index contributed by atoms with van der Waals surface area (Å²) in [5, 5.41) is 15.5. The molecular weight excluding hydrogens is 643 g/mol. The number of carboxylic acid groups (broad SMARTS) is 1. The first-order valence-electron chi connectivity index (χ1n) is 16.3. The summed E-state index contributed by atoms with van der Waals surface area (Å²) in [7, 11) is -3.75. The Balaban J connectivity index is 1.44. The highest BCUT2D eigenvalue weighted by atomic mass is 31.2. The van der Waals surface area contributed by atoms with Gasteiger partial charge in [0, 0.05) is 16.2 Å². The molecule has 11 heteroatoms. The zero-order valence-corrected chi connectivity index (χ0v) is 28.8. The fourth-order valence-electron chi connectivity index (χ4n) is 5.48. The Bertz CT molecular complexity index is 1680. The van der Waals surface area contributed by atoms with E-state index in [1.54, 1.807) is 66.7 Å². The van der Waals surface area contributed by atoms with E-state index in [1.165, 1.54) is 0 Å². The van der Waals surface area contributed by atoms with Crippen molar-refractivity contribution >= 4 is 47.1 Å². The first-order valence-corrected chi connectivity index (χ1v) is 17.9. The lowest BCUT2D eigenvalue weighted by molar-refractivity contribution is -0.141. The molecule has 3 aromatic rings. The van der Waals surface area contributed by atoms with Gasteiger partial charge in [-0.1, -0.05) is 93.6 Å². The highest BCUT2D eigenvalue weighted by Crippen LogP contribution is 2.44. The number of benzene rings is 3. The number of ether oxygens (including phenoxy) is 1. The molecule has 0 saturated heterocycles. The molecular formula is C38H43N2O8P. The van der Waals surface area contributed by atoms with Crippen LogP contribution in [0.4, 0.5) is 0 Å². The molecule has 0 bridgehead atoms. The Labute approximate surface area is 287 Å². The summed E-state index contributed by atoms with van der Waals surface area (Å²) in [4.78, 5) is 51.7. The maximum atomic E-state index is 14.2. The zero-order chi connectivity index (χ0) is 35.4. The molecule has 1 aliphatic carbocycles. The molecule has 3 atom stereocenters. The molecule has 0 fully saturated rings. The van der Waals surface area contributed by atoms with Crippen molar-refractivity contribution < 1.29 is 38.1 Å². The molecule has 3 aromatic carbocycles. The number of aliphatic carboxylic acids is 1. The van der Waals surface area contributed by atoms with Crippen molar-refractivity contribution in [2.24, 2.45) is 11.8 Å². The second kappa shape index (κ2) is 17.6. The van der Waals surface area contributed by atoms with Crippen molar-refractivity contribution in [3.05, 3.63) is 109 Å². The number of amides is 2. The third-order valence-electron chi connectivity index (χ3n) is 7.89. The highest BCUT2D eigenvalue weighted by molar-refractivity contribution is 7.74. The van der Waals surface area contributed by atoms with Gasteiger partial charge >= 0.3 is 5.97 Å². The molecule has 49 heavy (non-hydrogen) atoms. The average molecular weight is 687 g/mol. The van der Waals surface area contributed by atoms with Crippen molar-refractivity contribution in [1.29, 1.82) is 0 Å². The van der Waals surface area contributed by atoms with E-state index in [9.17, 15) is 28.8 Å². The maximum Gasteiger partial charge on any atom is 0.305 e. The Morgan fingerprint density at radius 2 is 1.47 bits per heavy atom. The van der Waals surface area contributed by atoms with Gasteiger partial charge in [0.2, 0.25) is 5.91 Å². The molecule has 2 amide bonds. The summed E-state index contributed by atoms with van der Waals surface area (Å²) in [6, 6.07) is 21.7. The molecule has 0 radical (unpaired) electrons. The predicted molar refractivity (Wildman–Crippen MR) is 189 cm³/mol. The SMILES string of the molecule is CC(C)C[C@H](NC(=O)COc1ccccc1C1=CC=CC(C)C1)C(=O)N[C@@H](CC(=O)O)C(=O)COP(=O)(c1ccccc1)c1ccccc1. The van der Waals surface area contributed by atoms with E-state index >= 15 is 0 Å². The summed E-state index contributed by atoms with van der Waals surface area (Å²) in [5.41, 5.74) is 1.97. The first kappa shape index (κ1) is 37.0. The maximum absolute atomic E-state index is 14.2. The van der Waals surface area contributed by atoms with Crippen molar-refractivity contribution in [3.8, 4) is 5.75 Å². The number of hydrogen-bond donors (Lipinski definition) is 3. The molecule has 4 rings (SSSR count). The zero-order valence-electron chi connectivity index (χ0n) is 27.9. The van der Waals surface area contributed by atoms with Crippen LogP contribution >= 0.6 is 7.37 Å². The third kappa shape index (κ3) is 10.6. The second-order valence-electron chi connectivity index (χ2n) is 12.4. The Kier molecular flexibility index (Phi) is 13.3. The number of allylic oxidation sites excluding steroid dienone is 4. The highest BCUT2D eigenvalue weighted by Gasteiger charge is 2.33. The van der Waals surface area contributed by atoms with E-state index in [4.69, 9.17) is 9.26 Å². The Morgan fingerprint density at radius 1 is 0.857 bits per heavy atom. The van der Waals surface area contributed by atoms with Crippen LogP contribution in [0.25, 0.3) is 5.57 Å². The molecule has 258 valence electrons. The number of nitrogens with one attached hydrogen (secondary N) is 2. The van der Waals surface area contributed by atoms with E-state index in [2.05, 4.69) is 23.6 Å². The van der Waals surface area contributed by atoms with Crippen LogP contribution in [-0.4, -0.2) is 54.0 Å². The van der Waals surface area contributed by atoms with Crippen molar-refractivity contribution in [3.63, 3.8) is 0 Å². The molecule has 0 spiro atoms. The molecule has 3 N–H and O–H groups in total. The number of Topliss-reactive ketones (excluding diaryl/α,β-unsaturated/α-hetero) is 1. The van der Waals surface area contributed by atoms with Gasteiger partial charge in [-0.2, -0.15) is 0 Å². The number of para-hydroxylation sites is 1.